The number of nitrogens with one attached hydrogen (secondary N) is 1. The van der Waals surface area contributed by atoms with Gasteiger partial charge >= 0.3 is 0 Å². The predicted molar refractivity (Wildman–Crippen MR) is 78.2 cm³/mol. The second-order valence-electron chi connectivity index (χ2n) is 5.22. The zero-order valence-corrected chi connectivity index (χ0v) is 11.7. The van der Waals surface area contributed by atoms with Crippen molar-refractivity contribution in [3.05, 3.63) is 18.3 Å². The van der Waals surface area contributed by atoms with E-state index in [-0.39, 0.29) is 0 Å². The minimum atomic E-state index is 0.928. The summed E-state index contributed by atoms with van der Waals surface area (Å²) in [5.41, 5.74) is 1.32. The van der Waals surface area contributed by atoms with Crippen molar-refractivity contribution in [2.75, 3.05) is 29.9 Å². The van der Waals surface area contributed by atoms with Gasteiger partial charge in [0.1, 0.15) is 5.82 Å². The molecule has 0 spiro atoms. The van der Waals surface area contributed by atoms with Gasteiger partial charge in [-0.15, -0.1) is 0 Å². The van der Waals surface area contributed by atoms with Gasteiger partial charge in [0.05, 0.1) is 0 Å². The number of rotatable bonds is 8. The summed E-state index contributed by atoms with van der Waals surface area (Å²) in [6.45, 7) is 7.77. The van der Waals surface area contributed by atoms with Gasteiger partial charge < -0.3 is 10.2 Å². The first kappa shape index (κ1) is 13.2. The molecule has 1 fully saturated rings. The number of hydrogen-bond acceptors (Lipinski definition) is 3. The number of hydrogen-bond donors (Lipinski definition) is 1. The van der Waals surface area contributed by atoms with E-state index in [4.69, 9.17) is 0 Å². The van der Waals surface area contributed by atoms with Crippen molar-refractivity contribution in [3.63, 3.8) is 0 Å². The Balaban J connectivity index is 2.02. The van der Waals surface area contributed by atoms with Crippen LogP contribution in [0.1, 0.15) is 39.5 Å². The van der Waals surface area contributed by atoms with Gasteiger partial charge in [-0.2, -0.15) is 0 Å². The Kier molecular flexibility index (Phi) is 4.85. The molecule has 0 amide bonds. The third kappa shape index (κ3) is 3.90. The van der Waals surface area contributed by atoms with Crippen molar-refractivity contribution < 1.29 is 0 Å². The van der Waals surface area contributed by atoms with Crippen molar-refractivity contribution in [1.82, 2.24) is 4.98 Å². The highest BCUT2D eigenvalue weighted by atomic mass is 15.1. The van der Waals surface area contributed by atoms with Crippen LogP contribution in [0.5, 0.6) is 0 Å². The van der Waals surface area contributed by atoms with Crippen molar-refractivity contribution in [1.29, 1.82) is 0 Å². The van der Waals surface area contributed by atoms with E-state index in [0.29, 0.717) is 0 Å². The lowest BCUT2D eigenvalue weighted by atomic mass is 10.2. The molecule has 1 aliphatic carbocycles. The first-order chi connectivity index (χ1) is 8.83. The Morgan fingerprint density at radius 3 is 2.83 bits per heavy atom. The fraction of sp³-hybridized carbons (Fsp3) is 0.667. The third-order valence-corrected chi connectivity index (χ3v) is 3.33. The lowest BCUT2D eigenvalue weighted by molar-refractivity contribution is 0.708. The Hall–Kier alpha value is -1.25. The highest BCUT2D eigenvalue weighted by molar-refractivity contribution is 5.54. The maximum Gasteiger partial charge on any atom is 0.127 e. The molecule has 2 rings (SSSR count). The van der Waals surface area contributed by atoms with Crippen LogP contribution in [0.2, 0.25) is 0 Å². The minimum absolute atomic E-state index is 0.928. The summed E-state index contributed by atoms with van der Waals surface area (Å²) in [7, 11) is 0. The molecule has 1 aromatic rings. The molecule has 18 heavy (non-hydrogen) atoms. The van der Waals surface area contributed by atoms with Crippen LogP contribution >= 0.6 is 0 Å². The van der Waals surface area contributed by atoms with Gasteiger partial charge in [0, 0.05) is 37.6 Å². The molecular formula is C15H25N3. The first-order valence-corrected chi connectivity index (χ1v) is 7.28. The summed E-state index contributed by atoms with van der Waals surface area (Å²) in [5.74, 6) is 1.93. The molecular weight excluding hydrogens is 222 g/mol. The quantitative estimate of drug-likeness (QED) is 0.761. The summed E-state index contributed by atoms with van der Waals surface area (Å²) in [6.07, 6.45) is 7.07. The molecule has 0 aromatic carbocycles. The van der Waals surface area contributed by atoms with Gasteiger partial charge in [-0.05, 0) is 37.7 Å². The van der Waals surface area contributed by atoms with E-state index < -0.39 is 0 Å². The molecule has 1 aromatic heterocycles. The third-order valence-electron chi connectivity index (χ3n) is 3.33. The van der Waals surface area contributed by atoms with Crippen LogP contribution in [-0.2, 0) is 0 Å². The standard InChI is InChI=1S/C15H25N3/c1-3-8-16-15-11-14(7-9-17-15)18(10-4-2)12-13-5-6-13/h7,9,11,13H,3-6,8,10,12H2,1-2H3,(H,16,17). The molecule has 1 heterocycles. The van der Waals surface area contributed by atoms with Crippen molar-refractivity contribution >= 4 is 11.5 Å². The molecule has 0 atom stereocenters. The fourth-order valence-corrected chi connectivity index (χ4v) is 2.17. The van der Waals surface area contributed by atoms with Crippen LogP contribution in [0, 0.1) is 5.92 Å². The molecule has 3 heteroatoms. The van der Waals surface area contributed by atoms with Crippen LogP contribution in [0.4, 0.5) is 11.5 Å². The highest BCUT2D eigenvalue weighted by Crippen LogP contribution is 2.31. The van der Waals surface area contributed by atoms with E-state index in [1.165, 1.54) is 31.5 Å². The van der Waals surface area contributed by atoms with E-state index in [9.17, 15) is 0 Å². The number of nitrogens with zero attached hydrogens (tertiary/aromatic N) is 2. The summed E-state index contributed by atoms with van der Waals surface area (Å²) in [5, 5.41) is 3.36. The molecule has 0 bridgehead atoms. The van der Waals surface area contributed by atoms with Gasteiger partial charge in [0.2, 0.25) is 0 Å². The van der Waals surface area contributed by atoms with E-state index in [2.05, 4.69) is 41.2 Å². The van der Waals surface area contributed by atoms with E-state index >= 15 is 0 Å². The number of pyridine rings is 1. The van der Waals surface area contributed by atoms with Gasteiger partial charge in [-0.1, -0.05) is 13.8 Å². The average molecular weight is 247 g/mol. The topological polar surface area (TPSA) is 28.2 Å². The summed E-state index contributed by atoms with van der Waals surface area (Å²) >= 11 is 0. The second kappa shape index (κ2) is 6.62. The van der Waals surface area contributed by atoms with Gasteiger partial charge in [0.15, 0.2) is 0 Å². The molecule has 0 aliphatic heterocycles. The molecule has 0 saturated heterocycles. The van der Waals surface area contributed by atoms with Crippen LogP contribution in [0.25, 0.3) is 0 Å². The smallest absolute Gasteiger partial charge is 0.127 e. The van der Waals surface area contributed by atoms with E-state index in [0.717, 1.165) is 31.2 Å². The molecule has 1 saturated carbocycles. The summed E-state index contributed by atoms with van der Waals surface area (Å²) < 4.78 is 0. The van der Waals surface area contributed by atoms with Crippen LogP contribution < -0.4 is 10.2 Å². The van der Waals surface area contributed by atoms with Crippen LogP contribution in [0.15, 0.2) is 18.3 Å². The van der Waals surface area contributed by atoms with Crippen LogP contribution in [0.3, 0.4) is 0 Å². The maximum absolute atomic E-state index is 4.38. The molecule has 0 unspecified atom stereocenters. The van der Waals surface area contributed by atoms with Gasteiger partial charge in [-0.25, -0.2) is 4.98 Å². The van der Waals surface area contributed by atoms with Crippen molar-refractivity contribution in [2.45, 2.75) is 39.5 Å². The van der Waals surface area contributed by atoms with Gasteiger partial charge in [0.25, 0.3) is 0 Å². The van der Waals surface area contributed by atoms with E-state index in [1.54, 1.807) is 0 Å². The largest absolute Gasteiger partial charge is 0.371 e. The lowest BCUT2D eigenvalue weighted by Crippen LogP contribution is -2.26. The summed E-state index contributed by atoms with van der Waals surface area (Å²) in [4.78, 5) is 6.89. The van der Waals surface area contributed by atoms with Crippen molar-refractivity contribution in [2.24, 2.45) is 5.92 Å². The predicted octanol–water partition coefficient (Wildman–Crippen LogP) is 3.53. The molecule has 3 nitrogen and oxygen atoms in total. The van der Waals surface area contributed by atoms with Gasteiger partial charge in [-0.3, -0.25) is 0 Å². The Morgan fingerprint density at radius 2 is 2.17 bits per heavy atom. The van der Waals surface area contributed by atoms with Crippen LogP contribution in [-0.4, -0.2) is 24.6 Å². The number of anilines is 2. The first-order valence-electron chi connectivity index (χ1n) is 7.28. The fourth-order valence-electron chi connectivity index (χ4n) is 2.17. The summed E-state index contributed by atoms with van der Waals surface area (Å²) in [6, 6.07) is 4.32. The zero-order chi connectivity index (χ0) is 12.8. The van der Waals surface area contributed by atoms with Crippen molar-refractivity contribution in [3.8, 4) is 0 Å². The molecule has 1 aliphatic rings. The number of aromatic nitrogens is 1. The average Bonchev–Trinajstić information content (AvgIpc) is 3.20. The maximum atomic E-state index is 4.38. The molecule has 1 N–H and O–H groups in total. The molecule has 0 radical (unpaired) electrons. The Labute approximate surface area is 111 Å². The second-order valence-corrected chi connectivity index (χ2v) is 5.22. The Bertz CT molecular complexity index is 361. The normalized spacial score (nSPS) is 14.6. The highest BCUT2D eigenvalue weighted by Gasteiger charge is 2.24. The molecule has 100 valence electrons. The monoisotopic (exact) mass is 247 g/mol. The minimum Gasteiger partial charge on any atom is -0.371 e. The SMILES string of the molecule is CCCNc1cc(N(CCC)CC2CC2)ccn1. The van der Waals surface area contributed by atoms with E-state index in [1.807, 2.05) is 6.20 Å². The zero-order valence-electron chi connectivity index (χ0n) is 11.7. The lowest BCUT2D eigenvalue weighted by Gasteiger charge is -2.24. The Morgan fingerprint density at radius 1 is 1.33 bits per heavy atom.